The zero-order chi connectivity index (χ0) is 8.27. The maximum atomic E-state index is 8.84. The number of hydrogen-bond acceptors (Lipinski definition) is 2. The van der Waals surface area contributed by atoms with Gasteiger partial charge in [0.05, 0.1) is 6.61 Å². The van der Waals surface area contributed by atoms with Gasteiger partial charge in [-0.3, -0.25) is 4.98 Å². The van der Waals surface area contributed by atoms with Crippen molar-refractivity contribution in [3.63, 3.8) is 0 Å². The molecule has 0 aliphatic carbocycles. The molecule has 1 heterocycles. The Morgan fingerprint density at radius 2 is 2.27 bits per heavy atom. The van der Waals surface area contributed by atoms with Gasteiger partial charge in [-0.05, 0) is 19.1 Å². The molecule has 0 aliphatic heterocycles. The molecule has 1 atom stereocenters. The Balaban J connectivity index is 2.86. The van der Waals surface area contributed by atoms with Gasteiger partial charge in [0.2, 0.25) is 0 Å². The van der Waals surface area contributed by atoms with E-state index in [1.165, 1.54) is 0 Å². The van der Waals surface area contributed by atoms with Gasteiger partial charge in [0.25, 0.3) is 0 Å². The van der Waals surface area contributed by atoms with Crippen LogP contribution in [0.25, 0.3) is 0 Å². The Kier molecular flexibility index (Phi) is 2.60. The fourth-order valence-electron chi connectivity index (χ4n) is 0.932. The van der Waals surface area contributed by atoms with Crippen molar-refractivity contribution in [1.82, 2.24) is 4.98 Å². The highest BCUT2D eigenvalue weighted by Gasteiger charge is 2.03. The molecule has 0 saturated heterocycles. The molecule has 0 spiro atoms. The third kappa shape index (κ3) is 2.02. The van der Waals surface area contributed by atoms with Crippen molar-refractivity contribution in [3.8, 4) is 0 Å². The predicted molar refractivity (Wildman–Crippen MR) is 44.5 cm³/mol. The minimum Gasteiger partial charge on any atom is -0.396 e. The third-order valence-corrected chi connectivity index (χ3v) is 1.69. The average molecular weight is 151 g/mol. The lowest BCUT2D eigenvalue weighted by molar-refractivity contribution is 0.271. The minimum absolute atomic E-state index is 0.148. The summed E-state index contributed by atoms with van der Waals surface area (Å²) in [5.41, 5.74) is 1.97. The SMILES string of the molecule is Cc1cccc([C@H](C)CO)n1. The van der Waals surface area contributed by atoms with E-state index >= 15 is 0 Å². The van der Waals surface area contributed by atoms with E-state index in [0.717, 1.165) is 11.4 Å². The maximum Gasteiger partial charge on any atom is 0.0512 e. The second-order valence-electron chi connectivity index (χ2n) is 2.79. The zero-order valence-electron chi connectivity index (χ0n) is 6.91. The normalized spacial score (nSPS) is 13.0. The lowest BCUT2D eigenvalue weighted by atomic mass is 10.1. The van der Waals surface area contributed by atoms with E-state index < -0.39 is 0 Å². The van der Waals surface area contributed by atoms with Gasteiger partial charge in [0, 0.05) is 17.3 Å². The largest absolute Gasteiger partial charge is 0.396 e. The monoisotopic (exact) mass is 151 g/mol. The number of aliphatic hydroxyl groups is 1. The summed E-state index contributed by atoms with van der Waals surface area (Å²) < 4.78 is 0. The number of hydrogen-bond donors (Lipinski definition) is 1. The zero-order valence-corrected chi connectivity index (χ0v) is 6.91. The van der Waals surface area contributed by atoms with Crippen LogP contribution in [0, 0.1) is 6.92 Å². The minimum atomic E-state index is 0.148. The molecule has 0 amide bonds. The van der Waals surface area contributed by atoms with Crippen molar-refractivity contribution in [2.45, 2.75) is 19.8 Å². The molecule has 1 aromatic heterocycles. The third-order valence-electron chi connectivity index (χ3n) is 1.69. The van der Waals surface area contributed by atoms with Crippen LogP contribution in [0.2, 0.25) is 0 Å². The van der Waals surface area contributed by atoms with Crippen molar-refractivity contribution in [1.29, 1.82) is 0 Å². The molecule has 60 valence electrons. The molecule has 0 fully saturated rings. The van der Waals surface area contributed by atoms with Crippen LogP contribution >= 0.6 is 0 Å². The van der Waals surface area contributed by atoms with Gasteiger partial charge in [0.15, 0.2) is 0 Å². The summed E-state index contributed by atoms with van der Waals surface area (Å²) in [5.74, 6) is 0.148. The van der Waals surface area contributed by atoms with Gasteiger partial charge >= 0.3 is 0 Å². The van der Waals surface area contributed by atoms with Crippen LogP contribution in [-0.4, -0.2) is 16.7 Å². The van der Waals surface area contributed by atoms with Crippen LogP contribution in [0.1, 0.15) is 24.2 Å². The topological polar surface area (TPSA) is 33.1 Å². The first-order valence-corrected chi connectivity index (χ1v) is 3.78. The smallest absolute Gasteiger partial charge is 0.0512 e. The molecule has 0 unspecified atom stereocenters. The van der Waals surface area contributed by atoms with Crippen LogP contribution in [-0.2, 0) is 0 Å². The second-order valence-corrected chi connectivity index (χ2v) is 2.79. The average Bonchev–Trinajstić information content (AvgIpc) is 2.03. The molecule has 2 heteroatoms. The lowest BCUT2D eigenvalue weighted by Gasteiger charge is -2.06. The summed E-state index contributed by atoms with van der Waals surface area (Å²) in [6.45, 7) is 4.08. The summed E-state index contributed by atoms with van der Waals surface area (Å²) in [4.78, 5) is 4.28. The fourth-order valence-corrected chi connectivity index (χ4v) is 0.932. The van der Waals surface area contributed by atoms with Crippen molar-refractivity contribution < 1.29 is 5.11 Å². The highest BCUT2D eigenvalue weighted by molar-refractivity contribution is 5.13. The summed E-state index contributed by atoms with van der Waals surface area (Å²) >= 11 is 0. The number of nitrogens with zero attached hydrogens (tertiary/aromatic N) is 1. The van der Waals surface area contributed by atoms with Crippen molar-refractivity contribution in [2.75, 3.05) is 6.61 Å². The summed E-state index contributed by atoms with van der Waals surface area (Å²) in [7, 11) is 0. The summed E-state index contributed by atoms with van der Waals surface area (Å²) in [5, 5.41) is 8.84. The number of pyridine rings is 1. The fraction of sp³-hybridized carbons (Fsp3) is 0.444. The van der Waals surface area contributed by atoms with E-state index in [9.17, 15) is 0 Å². The van der Waals surface area contributed by atoms with Crippen LogP contribution in [0.4, 0.5) is 0 Å². The van der Waals surface area contributed by atoms with Gasteiger partial charge in [-0.15, -0.1) is 0 Å². The molecule has 0 radical (unpaired) electrons. The first kappa shape index (κ1) is 8.21. The molecule has 0 saturated carbocycles. The van der Waals surface area contributed by atoms with Crippen LogP contribution < -0.4 is 0 Å². The standard InChI is InChI=1S/C9H13NO/c1-7(6-11)9-5-3-4-8(2)10-9/h3-5,7,11H,6H2,1-2H3/t7-/m1/s1. The molecule has 0 aromatic carbocycles. The van der Waals surface area contributed by atoms with Crippen LogP contribution in [0.15, 0.2) is 18.2 Å². The van der Waals surface area contributed by atoms with Crippen LogP contribution in [0.3, 0.4) is 0 Å². The Hall–Kier alpha value is -0.890. The van der Waals surface area contributed by atoms with E-state index in [2.05, 4.69) is 4.98 Å². The van der Waals surface area contributed by atoms with Crippen LogP contribution in [0.5, 0.6) is 0 Å². The molecule has 0 bridgehead atoms. The van der Waals surface area contributed by atoms with E-state index in [4.69, 9.17) is 5.11 Å². The molecule has 11 heavy (non-hydrogen) atoms. The van der Waals surface area contributed by atoms with Gasteiger partial charge in [-0.1, -0.05) is 13.0 Å². The van der Waals surface area contributed by atoms with E-state index in [-0.39, 0.29) is 12.5 Å². The lowest BCUT2D eigenvalue weighted by Crippen LogP contribution is -2.01. The predicted octanol–water partition coefficient (Wildman–Crippen LogP) is 1.49. The van der Waals surface area contributed by atoms with Crippen molar-refractivity contribution in [3.05, 3.63) is 29.6 Å². The maximum absolute atomic E-state index is 8.84. The molecular formula is C9H13NO. The van der Waals surface area contributed by atoms with E-state index in [1.54, 1.807) is 0 Å². The number of aromatic nitrogens is 1. The molecule has 1 aromatic rings. The Bertz CT molecular complexity index is 235. The van der Waals surface area contributed by atoms with Crippen molar-refractivity contribution in [2.24, 2.45) is 0 Å². The number of aliphatic hydroxyl groups excluding tert-OH is 1. The van der Waals surface area contributed by atoms with E-state index in [0.29, 0.717) is 0 Å². The van der Waals surface area contributed by atoms with Gasteiger partial charge in [-0.2, -0.15) is 0 Å². The number of rotatable bonds is 2. The quantitative estimate of drug-likeness (QED) is 0.694. The van der Waals surface area contributed by atoms with Gasteiger partial charge < -0.3 is 5.11 Å². The highest BCUT2D eigenvalue weighted by atomic mass is 16.3. The first-order valence-electron chi connectivity index (χ1n) is 3.78. The highest BCUT2D eigenvalue weighted by Crippen LogP contribution is 2.10. The second kappa shape index (κ2) is 3.49. The molecule has 1 rings (SSSR count). The molecule has 0 aliphatic rings. The Labute approximate surface area is 66.9 Å². The summed E-state index contributed by atoms with van der Waals surface area (Å²) in [6, 6.07) is 5.85. The van der Waals surface area contributed by atoms with Gasteiger partial charge in [-0.25, -0.2) is 0 Å². The molecule has 2 nitrogen and oxygen atoms in total. The molecular weight excluding hydrogens is 138 g/mol. The molecule has 1 N–H and O–H groups in total. The number of aryl methyl sites for hydroxylation is 1. The Morgan fingerprint density at radius 1 is 1.55 bits per heavy atom. The summed E-state index contributed by atoms with van der Waals surface area (Å²) in [6.07, 6.45) is 0. The Morgan fingerprint density at radius 3 is 2.82 bits per heavy atom. The van der Waals surface area contributed by atoms with Crippen molar-refractivity contribution >= 4 is 0 Å². The van der Waals surface area contributed by atoms with Gasteiger partial charge in [0.1, 0.15) is 0 Å². The first-order chi connectivity index (χ1) is 5.24. The van der Waals surface area contributed by atoms with E-state index in [1.807, 2.05) is 32.0 Å².